The summed E-state index contributed by atoms with van der Waals surface area (Å²) in [6.07, 6.45) is 7.72. The molecule has 15 heavy (non-hydrogen) atoms. The summed E-state index contributed by atoms with van der Waals surface area (Å²) in [4.78, 5) is 0. The van der Waals surface area contributed by atoms with E-state index in [-0.39, 0.29) is 5.60 Å². The lowest BCUT2D eigenvalue weighted by Crippen LogP contribution is -2.50. The molecule has 0 bridgehead atoms. The molecule has 1 aliphatic heterocycles. The zero-order valence-electron chi connectivity index (χ0n) is 10.1. The molecule has 2 unspecified atom stereocenters. The highest BCUT2D eigenvalue weighted by Gasteiger charge is 2.46. The van der Waals surface area contributed by atoms with Crippen molar-refractivity contribution in [1.82, 2.24) is 0 Å². The summed E-state index contributed by atoms with van der Waals surface area (Å²) >= 11 is 0. The van der Waals surface area contributed by atoms with Crippen LogP contribution in [0.4, 0.5) is 0 Å². The van der Waals surface area contributed by atoms with Gasteiger partial charge in [-0.25, -0.2) is 0 Å². The SMILES string of the molecule is CCC1(C)CC(O)(C2CCCC2)CCO1. The van der Waals surface area contributed by atoms with E-state index in [1.54, 1.807) is 0 Å². The standard InChI is InChI=1S/C13H24O2/c1-3-12(2)10-13(14,8-9-15-12)11-6-4-5-7-11/h11,14H,3-10H2,1-2H3. The van der Waals surface area contributed by atoms with Gasteiger partial charge in [-0.05, 0) is 38.5 Å². The van der Waals surface area contributed by atoms with Crippen molar-refractivity contribution < 1.29 is 9.84 Å². The van der Waals surface area contributed by atoms with E-state index >= 15 is 0 Å². The first-order chi connectivity index (χ1) is 7.08. The van der Waals surface area contributed by atoms with E-state index in [1.807, 2.05) is 0 Å². The average Bonchev–Trinajstić information content (AvgIpc) is 2.71. The van der Waals surface area contributed by atoms with Gasteiger partial charge in [0.25, 0.3) is 0 Å². The highest BCUT2D eigenvalue weighted by Crippen LogP contribution is 2.44. The van der Waals surface area contributed by atoms with Crippen LogP contribution in [-0.4, -0.2) is 22.9 Å². The van der Waals surface area contributed by atoms with E-state index in [0.29, 0.717) is 5.92 Å². The molecule has 0 radical (unpaired) electrons. The van der Waals surface area contributed by atoms with Gasteiger partial charge in [0, 0.05) is 6.42 Å². The largest absolute Gasteiger partial charge is 0.389 e. The van der Waals surface area contributed by atoms with Crippen LogP contribution >= 0.6 is 0 Å². The smallest absolute Gasteiger partial charge is 0.0725 e. The molecule has 88 valence electrons. The fourth-order valence-corrected chi connectivity index (χ4v) is 3.30. The quantitative estimate of drug-likeness (QED) is 0.762. The lowest BCUT2D eigenvalue weighted by Gasteiger charge is -2.46. The highest BCUT2D eigenvalue weighted by molar-refractivity contribution is 4.97. The maximum atomic E-state index is 10.8. The number of ether oxygens (including phenoxy) is 1. The Hall–Kier alpha value is -0.0800. The van der Waals surface area contributed by atoms with Crippen molar-refractivity contribution in [3.05, 3.63) is 0 Å². The molecule has 0 amide bonds. The Morgan fingerprint density at radius 3 is 2.60 bits per heavy atom. The zero-order chi connectivity index (χ0) is 10.9. The molecule has 0 aromatic rings. The zero-order valence-corrected chi connectivity index (χ0v) is 10.1. The maximum Gasteiger partial charge on any atom is 0.0725 e. The number of rotatable bonds is 2. The fourth-order valence-electron chi connectivity index (χ4n) is 3.30. The van der Waals surface area contributed by atoms with Gasteiger partial charge in [-0.2, -0.15) is 0 Å². The number of aliphatic hydroxyl groups is 1. The maximum absolute atomic E-state index is 10.8. The van der Waals surface area contributed by atoms with Gasteiger partial charge >= 0.3 is 0 Å². The van der Waals surface area contributed by atoms with Crippen molar-refractivity contribution in [2.45, 2.75) is 70.0 Å². The summed E-state index contributed by atoms with van der Waals surface area (Å²) < 4.78 is 5.81. The monoisotopic (exact) mass is 212 g/mol. The Balaban J connectivity index is 2.06. The molecule has 2 fully saturated rings. The molecule has 2 rings (SSSR count). The van der Waals surface area contributed by atoms with Crippen molar-refractivity contribution in [3.63, 3.8) is 0 Å². The Kier molecular flexibility index (Phi) is 3.09. The van der Waals surface area contributed by atoms with Crippen LogP contribution in [-0.2, 0) is 4.74 Å². The van der Waals surface area contributed by atoms with Crippen LogP contribution in [0.3, 0.4) is 0 Å². The van der Waals surface area contributed by atoms with Crippen molar-refractivity contribution in [1.29, 1.82) is 0 Å². The third kappa shape index (κ3) is 2.21. The summed E-state index contributed by atoms with van der Waals surface area (Å²) in [6, 6.07) is 0. The predicted molar refractivity (Wildman–Crippen MR) is 60.8 cm³/mol. The van der Waals surface area contributed by atoms with Crippen molar-refractivity contribution in [3.8, 4) is 0 Å². The molecular formula is C13H24O2. The first-order valence-corrected chi connectivity index (χ1v) is 6.44. The van der Waals surface area contributed by atoms with E-state index in [0.717, 1.165) is 25.9 Å². The van der Waals surface area contributed by atoms with Crippen LogP contribution in [0.5, 0.6) is 0 Å². The van der Waals surface area contributed by atoms with Gasteiger partial charge in [0.1, 0.15) is 0 Å². The van der Waals surface area contributed by atoms with Gasteiger partial charge < -0.3 is 9.84 Å². The summed E-state index contributed by atoms with van der Waals surface area (Å²) in [6.45, 7) is 5.03. The topological polar surface area (TPSA) is 29.5 Å². The van der Waals surface area contributed by atoms with E-state index in [1.165, 1.54) is 25.7 Å². The molecular weight excluding hydrogens is 188 g/mol. The van der Waals surface area contributed by atoms with Crippen molar-refractivity contribution >= 4 is 0 Å². The molecule has 0 aromatic carbocycles. The van der Waals surface area contributed by atoms with Crippen LogP contribution < -0.4 is 0 Å². The first kappa shape index (κ1) is 11.4. The van der Waals surface area contributed by atoms with Crippen LogP contribution in [0.2, 0.25) is 0 Å². The fraction of sp³-hybridized carbons (Fsp3) is 1.00. The number of hydrogen-bond donors (Lipinski definition) is 1. The van der Waals surface area contributed by atoms with E-state index < -0.39 is 5.60 Å². The molecule has 2 atom stereocenters. The van der Waals surface area contributed by atoms with Crippen LogP contribution in [0.25, 0.3) is 0 Å². The van der Waals surface area contributed by atoms with Gasteiger partial charge in [0.15, 0.2) is 0 Å². The van der Waals surface area contributed by atoms with Crippen LogP contribution in [0.15, 0.2) is 0 Å². The summed E-state index contributed by atoms with van der Waals surface area (Å²) in [7, 11) is 0. The normalized spacial score (nSPS) is 43.4. The van der Waals surface area contributed by atoms with Gasteiger partial charge in [-0.15, -0.1) is 0 Å². The molecule has 1 saturated carbocycles. The minimum absolute atomic E-state index is 0.0877. The molecule has 1 N–H and O–H groups in total. The Bertz CT molecular complexity index is 223. The lowest BCUT2D eigenvalue weighted by atomic mass is 9.73. The molecule has 2 nitrogen and oxygen atoms in total. The second-order valence-corrected chi connectivity index (χ2v) is 5.66. The minimum Gasteiger partial charge on any atom is -0.389 e. The van der Waals surface area contributed by atoms with Crippen molar-refractivity contribution in [2.75, 3.05) is 6.61 Å². The Morgan fingerprint density at radius 1 is 1.33 bits per heavy atom. The summed E-state index contributed by atoms with van der Waals surface area (Å²) in [5, 5.41) is 10.8. The number of hydrogen-bond acceptors (Lipinski definition) is 2. The van der Waals surface area contributed by atoms with E-state index in [9.17, 15) is 5.11 Å². The third-order valence-electron chi connectivity index (χ3n) is 4.53. The molecule has 0 spiro atoms. The first-order valence-electron chi connectivity index (χ1n) is 6.44. The van der Waals surface area contributed by atoms with Gasteiger partial charge in [0.05, 0.1) is 17.8 Å². The average molecular weight is 212 g/mol. The van der Waals surface area contributed by atoms with Crippen LogP contribution in [0, 0.1) is 5.92 Å². The van der Waals surface area contributed by atoms with Gasteiger partial charge in [0.2, 0.25) is 0 Å². The second kappa shape index (κ2) is 4.06. The van der Waals surface area contributed by atoms with Crippen molar-refractivity contribution in [2.24, 2.45) is 5.92 Å². The molecule has 1 heterocycles. The molecule has 0 aromatic heterocycles. The predicted octanol–water partition coefficient (Wildman–Crippen LogP) is 2.89. The minimum atomic E-state index is -0.431. The summed E-state index contributed by atoms with van der Waals surface area (Å²) in [5.41, 5.74) is -0.519. The molecule has 1 saturated heterocycles. The molecule has 1 aliphatic carbocycles. The van der Waals surface area contributed by atoms with Gasteiger partial charge in [-0.3, -0.25) is 0 Å². The van der Waals surface area contributed by atoms with Gasteiger partial charge in [-0.1, -0.05) is 19.8 Å². The van der Waals surface area contributed by atoms with E-state index in [4.69, 9.17) is 4.74 Å². The third-order valence-corrected chi connectivity index (χ3v) is 4.53. The van der Waals surface area contributed by atoms with Crippen LogP contribution in [0.1, 0.15) is 58.8 Å². The van der Waals surface area contributed by atoms with E-state index in [2.05, 4.69) is 13.8 Å². The Morgan fingerprint density at radius 2 is 2.00 bits per heavy atom. The second-order valence-electron chi connectivity index (χ2n) is 5.66. The lowest BCUT2D eigenvalue weighted by molar-refractivity contribution is -0.173. The highest BCUT2D eigenvalue weighted by atomic mass is 16.5. The summed E-state index contributed by atoms with van der Waals surface area (Å²) in [5.74, 6) is 0.535. The molecule has 2 heteroatoms. The Labute approximate surface area is 93.0 Å². The molecule has 2 aliphatic rings.